The maximum Gasteiger partial charge on any atom is 0.314 e. The third-order valence-corrected chi connectivity index (χ3v) is 3.74. The van der Waals surface area contributed by atoms with E-state index in [-0.39, 0.29) is 12.6 Å². The molecule has 0 aliphatic rings. The Morgan fingerprint density at radius 3 is 2.87 bits per heavy atom. The van der Waals surface area contributed by atoms with Gasteiger partial charge in [-0.3, -0.25) is 4.68 Å². The number of nitrogens with one attached hydrogen (secondary N) is 2. The highest BCUT2D eigenvalue weighted by Gasteiger charge is 2.25. The van der Waals surface area contributed by atoms with Gasteiger partial charge in [0.1, 0.15) is 5.60 Å². The van der Waals surface area contributed by atoms with E-state index >= 15 is 0 Å². The Hall–Kier alpha value is -2.05. The summed E-state index contributed by atoms with van der Waals surface area (Å²) in [6.07, 6.45) is 3.99. The van der Waals surface area contributed by atoms with Crippen molar-refractivity contribution in [2.45, 2.75) is 18.9 Å². The summed E-state index contributed by atoms with van der Waals surface area (Å²) in [7, 11) is 1.77. The molecule has 1 unspecified atom stereocenters. The van der Waals surface area contributed by atoms with Crippen LogP contribution >= 0.6 is 11.6 Å². The molecule has 3 N–H and O–H groups in total. The fourth-order valence-corrected chi connectivity index (χ4v) is 2.34. The lowest BCUT2D eigenvalue weighted by molar-refractivity contribution is 0.0593. The molecule has 0 saturated heterocycles. The van der Waals surface area contributed by atoms with E-state index < -0.39 is 5.60 Å². The lowest BCUT2D eigenvalue weighted by Crippen LogP contribution is -2.43. The Morgan fingerprint density at radius 1 is 1.43 bits per heavy atom. The van der Waals surface area contributed by atoms with Gasteiger partial charge >= 0.3 is 6.03 Å². The molecule has 2 aromatic rings. The zero-order valence-corrected chi connectivity index (χ0v) is 14.0. The molecule has 0 aliphatic carbocycles. The summed E-state index contributed by atoms with van der Waals surface area (Å²) in [5, 5.41) is 20.5. The van der Waals surface area contributed by atoms with Crippen LogP contribution < -0.4 is 10.6 Å². The van der Waals surface area contributed by atoms with Crippen LogP contribution in [0.2, 0.25) is 5.02 Å². The molecule has 0 saturated carbocycles. The van der Waals surface area contributed by atoms with E-state index in [1.54, 1.807) is 31.0 Å². The standard InChI is InChI=1S/C16H21ClN4O2/c1-16(23,13-9-20-21(2)10-13)11-19-15(22)18-7-6-12-4-3-5-14(17)8-12/h3-5,8-10,23H,6-7,11H2,1-2H3,(H2,18,19,22). The Bertz CT molecular complexity index is 670. The first-order valence-corrected chi connectivity index (χ1v) is 7.72. The minimum Gasteiger partial charge on any atom is -0.383 e. The molecular formula is C16H21ClN4O2. The number of hydrogen-bond donors (Lipinski definition) is 3. The third kappa shape index (κ3) is 5.26. The van der Waals surface area contributed by atoms with E-state index in [0.717, 1.165) is 5.56 Å². The summed E-state index contributed by atoms with van der Waals surface area (Å²) < 4.78 is 1.61. The highest BCUT2D eigenvalue weighted by Crippen LogP contribution is 2.18. The van der Waals surface area contributed by atoms with Gasteiger partial charge < -0.3 is 15.7 Å². The predicted octanol–water partition coefficient (Wildman–Crippen LogP) is 1.82. The fraction of sp³-hybridized carbons (Fsp3) is 0.375. The van der Waals surface area contributed by atoms with Gasteiger partial charge in [0.25, 0.3) is 0 Å². The lowest BCUT2D eigenvalue weighted by Gasteiger charge is -2.22. The van der Waals surface area contributed by atoms with Gasteiger partial charge in [-0.25, -0.2) is 4.79 Å². The number of halogens is 1. The van der Waals surface area contributed by atoms with Crippen LogP contribution in [0.15, 0.2) is 36.7 Å². The van der Waals surface area contributed by atoms with Gasteiger partial charge in [-0.1, -0.05) is 23.7 Å². The van der Waals surface area contributed by atoms with Crippen molar-refractivity contribution in [1.82, 2.24) is 20.4 Å². The first-order valence-electron chi connectivity index (χ1n) is 7.34. The third-order valence-electron chi connectivity index (χ3n) is 3.51. The first kappa shape index (κ1) is 17.3. The van der Waals surface area contributed by atoms with Crippen molar-refractivity contribution in [3.8, 4) is 0 Å². The summed E-state index contributed by atoms with van der Waals surface area (Å²) in [5.41, 5.74) is 0.540. The molecule has 1 aromatic heterocycles. The van der Waals surface area contributed by atoms with Crippen molar-refractivity contribution in [2.75, 3.05) is 13.1 Å². The van der Waals surface area contributed by atoms with Crippen molar-refractivity contribution in [3.63, 3.8) is 0 Å². The van der Waals surface area contributed by atoms with Crippen molar-refractivity contribution >= 4 is 17.6 Å². The lowest BCUT2D eigenvalue weighted by atomic mass is 10.00. The molecule has 23 heavy (non-hydrogen) atoms. The first-order chi connectivity index (χ1) is 10.9. The Morgan fingerprint density at radius 2 is 2.22 bits per heavy atom. The Labute approximate surface area is 140 Å². The molecule has 2 rings (SSSR count). The van der Waals surface area contributed by atoms with Crippen LogP contribution in [0.1, 0.15) is 18.1 Å². The Kier molecular flexibility index (Phi) is 5.63. The SMILES string of the molecule is Cn1cc(C(C)(O)CNC(=O)NCCc2cccc(Cl)c2)cn1. The van der Waals surface area contributed by atoms with Gasteiger partial charge in [-0.15, -0.1) is 0 Å². The summed E-state index contributed by atoms with van der Waals surface area (Å²) >= 11 is 5.91. The molecule has 6 nitrogen and oxygen atoms in total. The largest absolute Gasteiger partial charge is 0.383 e. The van der Waals surface area contributed by atoms with E-state index in [4.69, 9.17) is 11.6 Å². The summed E-state index contributed by atoms with van der Waals surface area (Å²) in [4.78, 5) is 11.8. The topological polar surface area (TPSA) is 79.2 Å². The highest BCUT2D eigenvalue weighted by molar-refractivity contribution is 6.30. The minimum absolute atomic E-state index is 0.0989. The van der Waals surface area contributed by atoms with Crippen LogP contribution in [-0.4, -0.2) is 34.0 Å². The monoisotopic (exact) mass is 336 g/mol. The fourth-order valence-electron chi connectivity index (χ4n) is 2.13. The van der Waals surface area contributed by atoms with E-state index in [9.17, 15) is 9.90 Å². The summed E-state index contributed by atoms with van der Waals surface area (Å²) in [5.74, 6) is 0. The smallest absolute Gasteiger partial charge is 0.314 e. The van der Waals surface area contributed by atoms with Gasteiger partial charge in [0.2, 0.25) is 0 Å². The maximum absolute atomic E-state index is 11.8. The van der Waals surface area contributed by atoms with Crippen molar-refractivity contribution < 1.29 is 9.90 Å². The summed E-state index contributed by atoms with van der Waals surface area (Å²) in [6, 6.07) is 7.19. The van der Waals surface area contributed by atoms with Crippen LogP contribution in [-0.2, 0) is 19.1 Å². The molecule has 1 aromatic carbocycles. The quantitative estimate of drug-likeness (QED) is 0.753. The van der Waals surface area contributed by atoms with E-state index in [0.29, 0.717) is 23.6 Å². The van der Waals surface area contributed by atoms with Gasteiger partial charge in [0.15, 0.2) is 0 Å². The summed E-state index contributed by atoms with van der Waals surface area (Å²) in [6.45, 7) is 2.22. The molecule has 0 spiro atoms. The van der Waals surface area contributed by atoms with Crippen LogP contribution in [0.4, 0.5) is 4.79 Å². The number of carbonyl (C=O) groups excluding carboxylic acids is 1. The van der Waals surface area contributed by atoms with Crippen LogP contribution in [0.25, 0.3) is 0 Å². The minimum atomic E-state index is -1.17. The number of benzene rings is 1. The highest BCUT2D eigenvalue weighted by atomic mass is 35.5. The maximum atomic E-state index is 11.8. The number of carbonyl (C=O) groups is 1. The van der Waals surface area contributed by atoms with Gasteiger partial charge in [-0.2, -0.15) is 5.10 Å². The molecule has 7 heteroatoms. The molecule has 1 atom stereocenters. The zero-order chi connectivity index (χ0) is 16.9. The molecule has 2 amide bonds. The van der Waals surface area contributed by atoms with Gasteiger partial charge in [0.05, 0.1) is 12.7 Å². The van der Waals surface area contributed by atoms with E-state index in [2.05, 4.69) is 15.7 Å². The molecule has 0 radical (unpaired) electrons. The number of hydrogen-bond acceptors (Lipinski definition) is 3. The Balaban J connectivity index is 1.74. The number of aryl methyl sites for hydroxylation is 1. The van der Waals surface area contributed by atoms with Crippen LogP contribution in [0.5, 0.6) is 0 Å². The average Bonchev–Trinajstić information content (AvgIpc) is 2.93. The second-order valence-electron chi connectivity index (χ2n) is 5.67. The zero-order valence-electron chi connectivity index (χ0n) is 13.2. The average molecular weight is 337 g/mol. The van der Waals surface area contributed by atoms with Gasteiger partial charge in [-0.05, 0) is 31.0 Å². The molecule has 0 fully saturated rings. The number of aliphatic hydroxyl groups is 1. The number of aromatic nitrogens is 2. The molecule has 0 aliphatic heterocycles. The predicted molar refractivity (Wildman–Crippen MR) is 89.3 cm³/mol. The normalized spacial score (nSPS) is 13.4. The van der Waals surface area contributed by atoms with Crippen LogP contribution in [0.3, 0.4) is 0 Å². The number of urea groups is 1. The van der Waals surface area contributed by atoms with E-state index in [1.165, 1.54) is 0 Å². The molecule has 1 heterocycles. The van der Waals surface area contributed by atoms with Gasteiger partial charge in [0, 0.05) is 30.4 Å². The van der Waals surface area contributed by atoms with Crippen LogP contribution in [0, 0.1) is 0 Å². The number of amides is 2. The van der Waals surface area contributed by atoms with Crippen molar-refractivity contribution in [3.05, 3.63) is 52.8 Å². The number of nitrogens with zero attached hydrogens (tertiary/aromatic N) is 2. The second kappa shape index (κ2) is 7.48. The van der Waals surface area contributed by atoms with Crippen molar-refractivity contribution in [1.29, 1.82) is 0 Å². The van der Waals surface area contributed by atoms with Crippen molar-refractivity contribution in [2.24, 2.45) is 7.05 Å². The molecule has 124 valence electrons. The number of rotatable bonds is 6. The molecule has 0 bridgehead atoms. The van der Waals surface area contributed by atoms with E-state index in [1.807, 2.05) is 24.3 Å². The molecular weight excluding hydrogens is 316 g/mol. The second-order valence-corrected chi connectivity index (χ2v) is 6.10.